The minimum atomic E-state index is -0.374. The highest BCUT2D eigenvalue weighted by Crippen LogP contribution is 2.38. The van der Waals surface area contributed by atoms with Gasteiger partial charge in [-0.1, -0.05) is 35.4 Å². The normalized spacial score (nSPS) is 30.9. The Bertz CT molecular complexity index is 976. The number of hydrogen-bond donors (Lipinski definition) is 1. The summed E-state index contributed by atoms with van der Waals surface area (Å²) in [5, 5.41) is 3.32. The van der Waals surface area contributed by atoms with Crippen LogP contribution in [0.2, 0.25) is 5.02 Å². The molecule has 2 amide bonds. The summed E-state index contributed by atoms with van der Waals surface area (Å²) in [7, 11) is 3.31. The second-order valence-electron chi connectivity index (χ2n) is 9.03. The van der Waals surface area contributed by atoms with Crippen LogP contribution in [-0.4, -0.2) is 50.5 Å². The Kier molecular flexibility index (Phi) is 7.29. The number of amides is 2. The average Bonchev–Trinajstić information content (AvgIpc) is 3.52. The molecular formula is C25H31ClN2O5. The number of nitrogens with one attached hydrogen (secondary N) is 1. The third-order valence-corrected chi connectivity index (χ3v) is 6.80. The fraction of sp³-hybridized carbons (Fsp3) is 0.520. The highest BCUT2D eigenvalue weighted by atomic mass is 35.5. The fourth-order valence-electron chi connectivity index (χ4n) is 4.53. The molecule has 0 aromatic heterocycles. The van der Waals surface area contributed by atoms with E-state index in [0.717, 1.165) is 24.0 Å². The molecular weight excluding hydrogens is 444 g/mol. The van der Waals surface area contributed by atoms with Gasteiger partial charge in [0.2, 0.25) is 5.91 Å². The van der Waals surface area contributed by atoms with Gasteiger partial charge in [0.1, 0.15) is 16.9 Å². The molecule has 4 atom stereocenters. The van der Waals surface area contributed by atoms with E-state index < -0.39 is 0 Å². The lowest BCUT2D eigenvalue weighted by molar-refractivity contribution is -0.118. The van der Waals surface area contributed by atoms with E-state index in [2.05, 4.69) is 24.4 Å². The van der Waals surface area contributed by atoms with E-state index in [1.54, 1.807) is 19.1 Å². The molecule has 1 N–H and O–H groups in total. The number of epoxide rings is 1. The van der Waals surface area contributed by atoms with Crippen LogP contribution in [0.5, 0.6) is 5.75 Å². The topological polar surface area (TPSA) is 80.4 Å². The van der Waals surface area contributed by atoms with Crippen LogP contribution in [0.25, 0.3) is 0 Å². The predicted octanol–water partition coefficient (Wildman–Crippen LogP) is 4.56. The van der Waals surface area contributed by atoms with E-state index in [-0.39, 0.29) is 36.4 Å². The van der Waals surface area contributed by atoms with E-state index in [0.29, 0.717) is 42.1 Å². The molecule has 7 nitrogen and oxygen atoms in total. The van der Waals surface area contributed by atoms with E-state index in [4.69, 9.17) is 25.8 Å². The Morgan fingerprint density at radius 2 is 2.03 bits per heavy atom. The summed E-state index contributed by atoms with van der Waals surface area (Å²) >= 11 is 6.55. The van der Waals surface area contributed by atoms with Gasteiger partial charge in [-0.05, 0) is 43.9 Å². The van der Waals surface area contributed by atoms with Gasteiger partial charge >= 0.3 is 6.09 Å². The van der Waals surface area contributed by atoms with Gasteiger partial charge in [0.15, 0.2) is 0 Å². The molecule has 4 bridgehead atoms. The van der Waals surface area contributed by atoms with Crippen LogP contribution in [0.15, 0.2) is 35.9 Å². The highest BCUT2D eigenvalue weighted by Gasteiger charge is 2.42. The number of nitrogens with zero attached hydrogens (tertiary/aromatic N) is 1. The average molecular weight is 475 g/mol. The minimum absolute atomic E-state index is 0.0135. The van der Waals surface area contributed by atoms with Crippen LogP contribution >= 0.6 is 11.6 Å². The zero-order valence-electron chi connectivity index (χ0n) is 19.3. The Labute approximate surface area is 199 Å². The molecule has 3 aliphatic heterocycles. The van der Waals surface area contributed by atoms with Crippen molar-refractivity contribution in [3.05, 3.63) is 46.5 Å². The number of halogens is 1. The van der Waals surface area contributed by atoms with Crippen LogP contribution in [-0.2, 0) is 20.7 Å². The molecule has 2 saturated heterocycles. The lowest BCUT2D eigenvalue weighted by Crippen LogP contribution is -2.45. The van der Waals surface area contributed by atoms with Crippen molar-refractivity contribution in [2.24, 2.45) is 0 Å². The number of carbonyl (C=O) groups excluding carboxylic acids is 2. The molecule has 0 saturated carbocycles. The maximum Gasteiger partial charge on any atom is 0.407 e. The molecule has 178 valence electrons. The van der Waals surface area contributed by atoms with Crippen LogP contribution in [0, 0.1) is 0 Å². The van der Waals surface area contributed by atoms with Crippen molar-refractivity contribution in [1.29, 1.82) is 0 Å². The Hall–Kier alpha value is -2.51. The van der Waals surface area contributed by atoms with Crippen molar-refractivity contribution < 1.29 is 23.8 Å². The zero-order chi connectivity index (χ0) is 23.5. The van der Waals surface area contributed by atoms with E-state index >= 15 is 0 Å². The second kappa shape index (κ2) is 10.2. The van der Waals surface area contributed by atoms with Crippen LogP contribution in [0.1, 0.15) is 44.6 Å². The van der Waals surface area contributed by atoms with E-state index in [1.807, 2.05) is 18.2 Å². The molecule has 0 radical (unpaired) electrons. The lowest BCUT2D eigenvalue weighted by Gasteiger charge is -2.29. The summed E-state index contributed by atoms with van der Waals surface area (Å²) in [6, 6.07) is 3.90. The number of benzene rings is 1. The Morgan fingerprint density at radius 1 is 1.21 bits per heavy atom. The number of fused-ring (bicyclic) bond motifs is 5. The summed E-state index contributed by atoms with van der Waals surface area (Å²) in [5.41, 5.74) is 2.80. The third kappa shape index (κ3) is 5.89. The maximum absolute atomic E-state index is 12.9. The lowest BCUT2D eigenvalue weighted by atomic mass is 9.99. The van der Waals surface area contributed by atoms with Gasteiger partial charge in [0.25, 0.3) is 0 Å². The van der Waals surface area contributed by atoms with Gasteiger partial charge in [-0.25, -0.2) is 4.79 Å². The third-order valence-electron chi connectivity index (χ3n) is 6.42. The quantitative estimate of drug-likeness (QED) is 0.603. The summed E-state index contributed by atoms with van der Waals surface area (Å²) in [5.74, 6) is 0.512. The number of allylic oxidation sites excluding steroid dienone is 3. The molecule has 4 rings (SSSR count). The van der Waals surface area contributed by atoms with Gasteiger partial charge in [-0.2, -0.15) is 0 Å². The first-order valence-corrected chi connectivity index (χ1v) is 11.8. The molecule has 3 aliphatic rings. The molecule has 3 unspecified atom stereocenters. The van der Waals surface area contributed by atoms with Crippen molar-refractivity contribution in [1.82, 2.24) is 5.32 Å². The van der Waals surface area contributed by atoms with Gasteiger partial charge in [-0.3, -0.25) is 4.79 Å². The van der Waals surface area contributed by atoms with Gasteiger partial charge in [0.05, 0.1) is 25.0 Å². The molecule has 0 spiro atoms. The number of alkyl carbamates (subject to hydrolysis) is 1. The van der Waals surface area contributed by atoms with Crippen molar-refractivity contribution in [3.63, 3.8) is 0 Å². The van der Waals surface area contributed by atoms with Crippen molar-refractivity contribution in [2.75, 3.05) is 19.1 Å². The Morgan fingerprint density at radius 3 is 2.82 bits per heavy atom. The summed E-state index contributed by atoms with van der Waals surface area (Å²) < 4.78 is 16.7. The first-order valence-electron chi connectivity index (χ1n) is 11.4. The number of carbonyl (C=O) groups is 2. The standard InChI is InChI=1S/C25H31ClN2O5/c1-15-6-4-5-7-17-13-18(32-25(30)27-17)14-21-20(33-21)8-9-23(29)28(2)19-11-16(10-15)12-22(31-3)24(19)26/h4-6,11-12,17-18,20-21H,7-10,13-14H2,1-3H3,(H,27,30)/b5-4+,15-6+/t17?,18-,20?,21?/m0/s1. The summed E-state index contributed by atoms with van der Waals surface area (Å²) in [6.07, 6.45) is 9.45. The van der Waals surface area contributed by atoms with Crippen molar-refractivity contribution in [2.45, 2.75) is 69.8 Å². The summed E-state index contributed by atoms with van der Waals surface area (Å²) in [4.78, 5) is 26.5. The number of hydrogen-bond acceptors (Lipinski definition) is 5. The van der Waals surface area contributed by atoms with Gasteiger partial charge in [-0.15, -0.1) is 0 Å². The molecule has 1 aromatic rings. The summed E-state index contributed by atoms with van der Waals surface area (Å²) in [6.45, 7) is 2.06. The molecule has 8 heteroatoms. The van der Waals surface area contributed by atoms with Gasteiger partial charge in [0, 0.05) is 32.4 Å². The zero-order valence-corrected chi connectivity index (χ0v) is 20.1. The molecule has 0 aliphatic carbocycles. The smallest absolute Gasteiger partial charge is 0.407 e. The maximum atomic E-state index is 12.9. The van der Waals surface area contributed by atoms with Crippen LogP contribution in [0.4, 0.5) is 10.5 Å². The molecule has 3 heterocycles. The monoisotopic (exact) mass is 474 g/mol. The van der Waals surface area contributed by atoms with Crippen molar-refractivity contribution >= 4 is 29.3 Å². The van der Waals surface area contributed by atoms with Crippen LogP contribution in [0.3, 0.4) is 0 Å². The largest absolute Gasteiger partial charge is 0.495 e. The SMILES string of the molecule is COc1cc2cc(c1Cl)N(C)C(=O)CCC1OC1C[C@@H]1CC(C/C=C/C=C(\C)C2)NC(=O)O1. The molecule has 33 heavy (non-hydrogen) atoms. The molecule has 2 fully saturated rings. The number of rotatable bonds is 1. The predicted molar refractivity (Wildman–Crippen MR) is 127 cm³/mol. The van der Waals surface area contributed by atoms with Crippen molar-refractivity contribution in [3.8, 4) is 5.75 Å². The fourth-order valence-corrected chi connectivity index (χ4v) is 4.85. The Balaban J connectivity index is 1.58. The molecule has 1 aromatic carbocycles. The van der Waals surface area contributed by atoms with Gasteiger partial charge < -0.3 is 24.4 Å². The van der Waals surface area contributed by atoms with E-state index in [1.165, 1.54) is 0 Å². The number of ether oxygens (including phenoxy) is 3. The number of anilines is 1. The first kappa shape index (κ1) is 23.6. The van der Waals surface area contributed by atoms with Crippen LogP contribution < -0.4 is 15.0 Å². The van der Waals surface area contributed by atoms with E-state index in [9.17, 15) is 9.59 Å². The first-order chi connectivity index (χ1) is 15.8. The minimum Gasteiger partial charge on any atom is -0.495 e. The highest BCUT2D eigenvalue weighted by molar-refractivity contribution is 6.35. The second-order valence-corrected chi connectivity index (χ2v) is 9.41. The number of methoxy groups -OCH3 is 1.